The summed E-state index contributed by atoms with van der Waals surface area (Å²) in [6.45, 7) is 6.95. The molecule has 0 radical (unpaired) electrons. The van der Waals surface area contributed by atoms with E-state index in [1.54, 1.807) is 5.57 Å². The monoisotopic (exact) mass is 365 g/mol. The van der Waals surface area contributed by atoms with Crippen molar-refractivity contribution in [2.75, 3.05) is 6.61 Å². The van der Waals surface area contributed by atoms with Crippen LogP contribution >= 0.6 is 0 Å². The lowest BCUT2D eigenvalue weighted by Crippen LogP contribution is -2.34. The highest BCUT2D eigenvalue weighted by Gasteiger charge is 2.64. The molecule has 138 valence electrons. The van der Waals surface area contributed by atoms with E-state index in [1.807, 2.05) is 6.08 Å². The summed E-state index contributed by atoms with van der Waals surface area (Å²) in [5, 5.41) is 4.96. The summed E-state index contributed by atoms with van der Waals surface area (Å²) in [7, 11) is -3.92. The molecule has 1 heterocycles. The van der Waals surface area contributed by atoms with Crippen LogP contribution in [0.5, 0.6) is 0 Å². The quantitative estimate of drug-likeness (QED) is 0.776. The van der Waals surface area contributed by atoms with Gasteiger partial charge in [0.15, 0.2) is 0 Å². The molecule has 2 fully saturated rings. The topological polar surface area (TPSA) is 81.9 Å². The second kappa shape index (κ2) is 5.52. The Labute approximate surface area is 150 Å². The summed E-state index contributed by atoms with van der Waals surface area (Å²) < 4.78 is 33.2. The van der Waals surface area contributed by atoms with Crippen molar-refractivity contribution < 1.29 is 17.3 Å². The lowest BCUT2D eigenvalue weighted by atomic mass is 9.64. The molecule has 0 aromatic carbocycles. The number of epoxide rings is 1. The van der Waals surface area contributed by atoms with Gasteiger partial charge < -0.3 is 4.74 Å². The SMILES string of the molecule is CC(C)C1=C2C3=CC=C(COS(N)(=O)=O)C[C@@H]4O[C@@]34CC[C@@]2(C)CC1. The largest absolute Gasteiger partial charge is 0.361 e. The van der Waals surface area contributed by atoms with E-state index >= 15 is 0 Å². The van der Waals surface area contributed by atoms with Gasteiger partial charge in [-0.3, -0.25) is 4.18 Å². The van der Waals surface area contributed by atoms with Gasteiger partial charge in [-0.1, -0.05) is 38.5 Å². The summed E-state index contributed by atoms with van der Waals surface area (Å²) >= 11 is 0. The van der Waals surface area contributed by atoms with Crippen LogP contribution in [0.15, 0.2) is 34.4 Å². The molecule has 3 atom stereocenters. The van der Waals surface area contributed by atoms with E-state index < -0.39 is 10.3 Å². The van der Waals surface area contributed by atoms with Crippen molar-refractivity contribution in [3.05, 3.63) is 34.4 Å². The molecule has 4 rings (SSSR count). The van der Waals surface area contributed by atoms with Gasteiger partial charge in [0.25, 0.3) is 0 Å². The average Bonchev–Trinajstić information content (AvgIpc) is 3.10. The van der Waals surface area contributed by atoms with E-state index in [1.165, 1.54) is 24.0 Å². The summed E-state index contributed by atoms with van der Waals surface area (Å²) in [5.41, 5.74) is 5.42. The Morgan fingerprint density at radius 2 is 2.08 bits per heavy atom. The summed E-state index contributed by atoms with van der Waals surface area (Å²) in [6, 6.07) is 0. The molecule has 5 nitrogen and oxygen atoms in total. The molecule has 25 heavy (non-hydrogen) atoms. The highest BCUT2D eigenvalue weighted by Crippen LogP contribution is 2.65. The number of ether oxygens (including phenoxy) is 1. The van der Waals surface area contributed by atoms with Crippen molar-refractivity contribution in [1.82, 2.24) is 0 Å². The molecule has 0 amide bonds. The average molecular weight is 365 g/mol. The zero-order valence-corrected chi connectivity index (χ0v) is 16.0. The van der Waals surface area contributed by atoms with E-state index in [0.717, 1.165) is 18.4 Å². The van der Waals surface area contributed by atoms with Crippen molar-refractivity contribution in [2.24, 2.45) is 16.5 Å². The Hall–Kier alpha value is -0.950. The van der Waals surface area contributed by atoms with E-state index in [4.69, 9.17) is 14.1 Å². The molecule has 1 saturated heterocycles. The molecule has 1 spiro atoms. The molecule has 1 aliphatic heterocycles. The van der Waals surface area contributed by atoms with Crippen LogP contribution in [0.25, 0.3) is 0 Å². The summed E-state index contributed by atoms with van der Waals surface area (Å²) in [5.74, 6) is 0.544. The first-order chi connectivity index (χ1) is 11.6. The van der Waals surface area contributed by atoms with Crippen LogP contribution in [-0.4, -0.2) is 26.7 Å². The van der Waals surface area contributed by atoms with Gasteiger partial charge >= 0.3 is 10.3 Å². The van der Waals surface area contributed by atoms with E-state index in [-0.39, 0.29) is 23.7 Å². The lowest BCUT2D eigenvalue weighted by Gasteiger charge is -2.39. The van der Waals surface area contributed by atoms with Crippen LogP contribution < -0.4 is 5.14 Å². The maximum absolute atomic E-state index is 11.1. The number of hydrogen-bond acceptors (Lipinski definition) is 4. The van der Waals surface area contributed by atoms with Gasteiger partial charge in [-0.2, -0.15) is 8.42 Å². The molecule has 0 unspecified atom stereocenters. The Morgan fingerprint density at radius 1 is 1.32 bits per heavy atom. The van der Waals surface area contributed by atoms with Crippen molar-refractivity contribution >= 4 is 10.3 Å². The molecule has 1 saturated carbocycles. The van der Waals surface area contributed by atoms with Gasteiger partial charge in [0.05, 0.1) is 12.7 Å². The van der Waals surface area contributed by atoms with Crippen molar-refractivity contribution in [1.29, 1.82) is 0 Å². The molecule has 0 aromatic rings. The van der Waals surface area contributed by atoms with Gasteiger partial charge in [0.2, 0.25) is 0 Å². The number of nitrogens with two attached hydrogens (primary N) is 1. The van der Waals surface area contributed by atoms with Crippen molar-refractivity contribution in [2.45, 2.75) is 64.6 Å². The highest BCUT2D eigenvalue weighted by atomic mass is 32.2. The molecular formula is C19H27NO4S. The van der Waals surface area contributed by atoms with E-state index in [9.17, 15) is 8.42 Å². The van der Waals surface area contributed by atoms with Crippen LogP contribution in [0.3, 0.4) is 0 Å². The Morgan fingerprint density at radius 3 is 2.76 bits per heavy atom. The second-order valence-electron chi connectivity index (χ2n) is 8.48. The van der Waals surface area contributed by atoms with E-state index in [2.05, 4.69) is 26.8 Å². The second-order valence-corrected chi connectivity index (χ2v) is 9.70. The van der Waals surface area contributed by atoms with Gasteiger partial charge in [0.1, 0.15) is 5.60 Å². The number of allylic oxidation sites excluding steroid dienone is 3. The zero-order chi connectivity index (χ0) is 18.0. The number of rotatable bonds is 4. The maximum atomic E-state index is 11.1. The predicted octanol–water partition coefficient (Wildman–Crippen LogP) is 3.15. The van der Waals surface area contributed by atoms with Crippen molar-refractivity contribution in [3.8, 4) is 0 Å². The maximum Gasteiger partial charge on any atom is 0.333 e. The number of hydrogen-bond donors (Lipinski definition) is 1. The Bertz CT molecular complexity index is 807. The highest BCUT2D eigenvalue weighted by molar-refractivity contribution is 7.84. The van der Waals surface area contributed by atoms with Crippen LogP contribution in [0.2, 0.25) is 0 Å². The van der Waals surface area contributed by atoms with Gasteiger partial charge in [-0.05, 0) is 53.7 Å². The van der Waals surface area contributed by atoms with Crippen LogP contribution in [0.4, 0.5) is 0 Å². The molecule has 4 aliphatic rings. The van der Waals surface area contributed by atoms with Gasteiger partial charge in [-0.15, -0.1) is 0 Å². The van der Waals surface area contributed by atoms with Crippen LogP contribution in [0.1, 0.15) is 52.9 Å². The predicted molar refractivity (Wildman–Crippen MR) is 95.9 cm³/mol. The third-order valence-electron chi connectivity index (χ3n) is 6.50. The standard InChI is InChI=1S/C19H27NO4S/c1-12(2)14-6-7-18(3)8-9-19-15(17(14)18)5-4-13(10-16(19)24-19)11-23-25(20,21)22/h4-5,12,16H,6-11H2,1-3H3,(H2,20,21,22)/t16-,18+,19-/m0/s1. The number of fused-ring (bicyclic) bond motifs is 2. The first kappa shape index (κ1) is 17.5. The smallest absolute Gasteiger partial charge is 0.333 e. The van der Waals surface area contributed by atoms with Crippen LogP contribution in [-0.2, 0) is 19.2 Å². The van der Waals surface area contributed by atoms with Crippen LogP contribution in [0, 0.1) is 11.3 Å². The molecule has 0 aromatic heterocycles. The lowest BCUT2D eigenvalue weighted by molar-refractivity contribution is 0.234. The Kier molecular flexibility index (Phi) is 3.86. The summed E-state index contributed by atoms with van der Waals surface area (Å²) in [6.07, 6.45) is 9.62. The third-order valence-corrected chi connectivity index (χ3v) is 6.94. The third kappa shape index (κ3) is 2.83. The fourth-order valence-electron chi connectivity index (χ4n) is 5.06. The molecule has 3 aliphatic carbocycles. The van der Waals surface area contributed by atoms with Gasteiger partial charge in [-0.25, -0.2) is 5.14 Å². The van der Waals surface area contributed by atoms with Crippen molar-refractivity contribution in [3.63, 3.8) is 0 Å². The minimum absolute atomic E-state index is 0.00586. The molecule has 2 N–H and O–H groups in total. The first-order valence-corrected chi connectivity index (χ1v) is 10.6. The summed E-state index contributed by atoms with van der Waals surface area (Å²) in [4.78, 5) is 0. The fraction of sp³-hybridized carbons (Fsp3) is 0.684. The molecule has 6 heteroatoms. The van der Waals surface area contributed by atoms with E-state index in [0.29, 0.717) is 12.3 Å². The molecule has 0 bridgehead atoms. The minimum atomic E-state index is -3.92. The first-order valence-electron chi connectivity index (χ1n) is 9.14. The normalized spacial score (nSPS) is 37.1. The minimum Gasteiger partial charge on any atom is -0.361 e. The Balaban J connectivity index is 1.72. The zero-order valence-electron chi connectivity index (χ0n) is 15.2. The molecular weight excluding hydrogens is 338 g/mol. The fourth-order valence-corrected chi connectivity index (χ4v) is 5.38. The van der Waals surface area contributed by atoms with Gasteiger partial charge in [0, 0.05) is 6.42 Å².